The summed E-state index contributed by atoms with van der Waals surface area (Å²) in [5, 5.41) is 0. The number of ether oxygens (including phenoxy) is 1. The summed E-state index contributed by atoms with van der Waals surface area (Å²) in [6, 6.07) is 0. The van der Waals surface area contributed by atoms with Crippen LogP contribution >= 0.6 is 0 Å². The zero-order valence-corrected chi connectivity index (χ0v) is 14.6. The molecule has 24 heavy (non-hydrogen) atoms. The Bertz CT molecular complexity index is 652. The molecule has 1 heterocycles. The van der Waals surface area contributed by atoms with Gasteiger partial charge in [-0.1, -0.05) is 25.5 Å². The highest BCUT2D eigenvalue weighted by Gasteiger charge is 2.68. The lowest BCUT2D eigenvalue weighted by atomic mass is 9.46. The number of carbonyl (C=O) groups is 3. The lowest BCUT2D eigenvalue weighted by molar-refractivity contribution is -0.156. The van der Waals surface area contributed by atoms with Gasteiger partial charge in [0.05, 0.1) is 11.3 Å². The molecule has 0 radical (unpaired) electrons. The molecule has 4 heteroatoms. The Balaban J connectivity index is 1.79. The average molecular weight is 330 g/mol. The van der Waals surface area contributed by atoms with Gasteiger partial charge >= 0.3 is 11.9 Å². The summed E-state index contributed by atoms with van der Waals surface area (Å²) in [7, 11) is 0. The molecular weight excluding hydrogens is 304 g/mol. The fourth-order valence-electron chi connectivity index (χ4n) is 6.87. The third kappa shape index (κ3) is 1.77. The van der Waals surface area contributed by atoms with E-state index in [1.165, 1.54) is 5.57 Å². The Labute approximate surface area is 143 Å². The van der Waals surface area contributed by atoms with Crippen molar-refractivity contribution in [2.45, 2.75) is 58.8 Å². The molecule has 1 saturated heterocycles. The number of esters is 2. The van der Waals surface area contributed by atoms with Crippen molar-refractivity contribution < 1.29 is 19.1 Å². The predicted molar refractivity (Wildman–Crippen MR) is 87.7 cm³/mol. The maximum absolute atomic E-state index is 12.6. The molecule has 0 aromatic carbocycles. The first-order valence-electron chi connectivity index (χ1n) is 9.17. The first-order valence-corrected chi connectivity index (χ1v) is 9.17. The van der Waals surface area contributed by atoms with E-state index in [4.69, 9.17) is 4.74 Å². The van der Waals surface area contributed by atoms with E-state index >= 15 is 0 Å². The van der Waals surface area contributed by atoms with E-state index in [1.54, 1.807) is 0 Å². The molecule has 4 fully saturated rings. The first kappa shape index (κ1) is 16.0. The van der Waals surface area contributed by atoms with Gasteiger partial charge in [-0.2, -0.15) is 0 Å². The van der Waals surface area contributed by atoms with Crippen molar-refractivity contribution >= 4 is 18.2 Å². The highest BCUT2D eigenvalue weighted by atomic mass is 16.6. The summed E-state index contributed by atoms with van der Waals surface area (Å²) < 4.78 is 5.08. The summed E-state index contributed by atoms with van der Waals surface area (Å²) in [6.45, 7) is 8.21. The lowest BCUT2D eigenvalue weighted by Gasteiger charge is -2.54. The Morgan fingerprint density at radius 3 is 2.67 bits per heavy atom. The highest BCUT2D eigenvalue weighted by Crippen LogP contribution is 2.67. The molecule has 1 aliphatic heterocycles. The molecule has 1 unspecified atom stereocenters. The van der Waals surface area contributed by atoms with Crippen molar-refractivity contribution in [3.8, 4) is 0 Å². The van der Waals surface area contributed by atoms with Crippen molar-refractivity contribution in [2.24, 2.45) is 34.0 Å². The largest absolute Gasteiger partial charge is 0.392 e. The molecule has 4 nitrogen and oxygen atoms in total. The molecule has 0 aromatic heterocycles. The molecule has 4 aliphatic rings. The monoisotopic (exact) mass is 330 g/mol. The first-order chi connectivity index (χ1) is 11.3. The number of fused-ring (bicyclic) bond motifs is 3. The number of aldehydes is 1. The van der Waals surface area contributed by atoms with E-state index in [2.05, 4.69) is 13.5 Å². The van der Waals surface area contributed by atoms with Gasteiger partial charge in [-0.15, -0.1) is 0 Å². The maximum Gasteiger partial charge on any atom is 0.320 e. The minimum absolute atomic E-state index is 0.126. The van der Waals surface area contributed by atoms with Crippen LogP contribution in [0.2, 0.25) is 0 Å². The molecule has 0 spiro atoms. The summed E-state index contributed by atoms with van der Waals surface area (Å²) in [5.41, 5.74) is -0.288. The van der Waals surface area contributed by atoms with Crippen LogP contribution in [0, 0.1) is 34.0 Å². The second kappa shape index (κ2) is 4.80. The van der Waals surface area contributed by atoms with E-state index in [9.17, 15) is 14.4 Å². The van der Waals surface area contributed by atoms with Crippen LogP contribution in [0.4, 0.5) is 0 Å². The minimum Gasteiger partial charge on any atom is -0.392 e. The van der Waals surface area contributed by atoms with Crippen LogP contribution in [0.3, 0.4) is 0 Å². The van der Waals surface area contributed by atoms with Gasteiger partial charge in [0, 0.05) is 5.41 Å². The highest BCUT2D eigenvalue weighted by molar-refractivity contribution is 5.99. The summed E-state index contributed by atoms with van der Waals surface area (Å²) in [4.78, 5) is 37.1. The number of rotatable bonds is 2. The van der Waals surface area contributed by atoms with Crippen LogP contribution in [0.15, 0.2) is 12.2 Å². The number of carbonyl (C=O) groups excluding carboxylic acids is 3. The van der Waals surface area contributed by atoms with Gasteiger partial charge in [-0.05, 0) is 62.7 Å². The smallest absolute Gasteiger partial charge is 0.320 e. The average Bonchev–Trinajstić information content (AvgIpc) is 2.91. The summed E-state index contributed by atoms with van der Waals surface area (Å²) in [6.07, 6.45) is 7.22. The molecule has 3 aliphatic carbocycles. The Morgan fingerprint density at radius 2 is 1.96 bits per heavy atom. The minimum atomic E-state index is -0.722. The SMILES string of the molecule is C=C1C[C@]2(C=O)CC1CC[C@H]2[C@]1(C)CCC[C@@]2(C)C(=O)OC(=O)[C@@H]12. The molecule has 0 N–H and O–H groups in total. The third-order valence-corrected chi connectivity index (χ3v) is 7.89. The van der Waals surface area contributed by atoms with E-state index < -0.39 is 16.7 Å². The molecule has 3 saturated carbocycles. The van der Waals surface area contributed by atoms with Crippen molar-refractivity contribution in [3.05, 3.63) is 12.2 Å². The predicted octanol–water partition coefficient (Wildman–Crippen LogP) is 3.44. The maximum atomic E-state index is 12.6. The van der Waals surface area contributed by atoms with E-state index in [0.717, 1.165) is 44.8 Å². The van der Waals surface area contributed by atoms with Gasteiger partial charge in [0.25, 0.3) is 0 Å². The molecule has 6 atom stereocenters. The number of hydrogen-bond donors (Lipinski definition) is 0. The van der Waals surface area contributed by atoms with Gasteiger partial charge in [0.1, 0.15) is 6.29 Å². The standard InChI is InChI=1S/C20H26O4/c1-12-9-20(11-21)10-13(12)5-6-14(20)18(2)7-4-8-19(3)15(18)16(22)24-17(19)23/h11,13-15H,1,4-10H2,2-3H3/t13?,14-,15-,18-,19+,20+/m0/s1. The molecule has 130 valence electrons. The van der Waals surface area contributed by atoms with Gasteiger partial charge < -0.3 is 9.53 Å². The van der Waals surface area contributed by atoms with Crippen LogP contribution in [-0.4, -0.2) is 18.2 Å². The third-order valence-electron chi connectivity index (χ3n) is 7.89. The fourth-order valence-corrected chi connectivity index (χ4v) is 6.87. The number of allylic oxidation sites excluding steroid dienone is 1. The Morgan fingerprint density at radius 1 is 1.21 bits per heavy atom. The summed E-state index contributed by atoms with van der Waals surface area (Å²) >= 11 is 0. The van der Waals surface area contributed by atoms with Gasteiger partial charge in [0.2, 0.25) is 0 Å². The van der Waals surface area contributed by atoms with Crippen LogP contribution in [0.5, 0.6) is 0 Å². The van der Waals surface area contributed by atoms with Crippen LogP contribution in [0.25, 0.3) is 0 Å². The fraction of sp³-hybridized carbons (Fsp3) is 0.750. The topological polar surface area (TPSA) is 60.4 Å². The Hall–Kier alpha value is -1.45. The van der Waals surface area contributed by atoms with E-state index in [0.29, 0.717) is 12.3 Å². The Kier molecular flexibility index (Phi) is 3.21. The normalized spacial score (nSPS) is 50.6. The van der Waals surface area contributed by atoms with Crippen molar-refractivity contribution in [2.75, 3.05) is 0 Å². The molecule has 0 aromatic rings. The molecule has 4 rings (SSSR count). The van der Waals surface area contributed by atoms with Crippen molar-refractivity contribution in [3.63, 3.8) is 0 Å². The molecule has 2 bridgehead atoms. The lowest BCUT2D eigenvalue weighted by Crippen LogP contribution is -2.54. The number of hydrogen-bond acceptors (Lipinski definition) is 4. The van der Waals surface area contributed by atoms with E-state index in [1.807, 2.05) is 6.92 Å². The second-order valence-corrected chi connectivity index (χ2v) is 9.14. The van der Waals surface area contributed by atoms with Crippen LogP contribution in [-0.2, 0) is 19.1 Å². The second-order valence-electron chi connectivity index (χ2n) is 9.14. The van der Waals surface area contributed by atoms with Crippen molar-refractivity contribution in [1.29, 1.82) is 0 Å². The van der Waals surface area contributed by atoms with Gasteiger partial charge in [-0.3, -0.25) is 9.59 Å². The number of cyclic esters (lactones) is 2. The van der Waals surface area contributed by atoms with Crippen molar-refractivity contribution in [1.82, 2.24) is 0 Å². The van der Waals surface area contributed by atoms with Crippen LogP contribution in [0.1, 0.15) is 58.8 Å². The van der Waals surface area contributed by atoms with Gasteiger partial charge in [-0.25, -0.2) is 0 Å². The molecule has 0 amide bonds. The van der Waals surface area contributed by atoms with E-state index in [-0.39, 0.29) is 23.3 Å². The molecular formula is C20H26O4. The van der Waals surface area contributed by atoms with Gasteiger partial charge in [0.15, 0.2) is 0 Å². The quantitative estimate of drug-likeness (QED) is 0.337. The zero-order chi connectivity index (χ0) is 17.3. The van der Waals surface area contributed by atoms with Crippen LogP contribution < -0.4 is 0 Å². The summed E-state index contributed by atoms with van der Waals surface area (Å²) in [5.74, 6) is -0.584. The zero-order valence-electron chi connectivity index (χ0n) is 14.6.